The Kier molecular flexibility index (Phi) is 5.98. The monoisotopic (exact) mass is 691 g/mol. The van der Waals surface area contributed by atoms with Crippen LogP contribution in [0.25, 0.3) is 78.0 Å². The number of hydrogen-bond donors (Lipinski definition) is 0. The van der Waals surface area contributed by atoms with Crippen LogP contribution in [0.5, 0.6) is 0 Å². The molecule has 52 heavy (non-hydrogen) atoms. The van der Waals surface area contributed by atoms with E-state index in [0.29, 0.717) is 29.3 Å². The van der Waals surface area contributed by atoms with Crippen LogP contribution in [0.15, 0.2) is 126 Å². The first-order chi connectivity index (χ1) is 25.6. The van der Waals surface area contributed by atoms with Crippen molar-refractivity contribution in [3.8, 4) is 45.3 Å². The van der Waals surface area contributed by atoms with Gasteiger partial charge < -0.3 is 4.42 Å². The third-order valence-electron chi connectivity index (χ3n) is 13.1. The predicted molar refractivity (Wildman–Crippen MR) is 209 cm³/mol. The Morgan fingerprint density at radius 1 is 0.558 bits per heavy atom. The summed E-state index contributed by atoms with van der Waals surface area (Å²) in [4.78, 5) is 15.7. The van der Waals surface area contributed by atoms with Gasteiger partial charge in [0.25, 0.3) is 0 Å². The molecule has 2 aromatic heterocycles. The summed E-state index contributed by atoms with van der Waals surface area (Å²) in [6, 6.07) is 42.7. The van der Waals surface area contributed by atoms with Gasteiger partial charge in [0.15, 0.2) is 17.5 Å². The molecule has 0 unspecified atom stereocenters. The maximum Gasteiger partial charge on any atom is 0.164 e. The molecule has 250 valence electrons. The largest absolute Gasteiger partial charge is 0.456 e. The Bertz CT molecular complexity index is 2760. The molecule has 0 radical (unpaired) electrons. The van der Waals surface area contributed by atoms with E-state index in [4.69, 9.17) is 31.0 Å². The fraction of sp³-hybridized carbons (Fsp3) is 0.213. The van der Waals surface area contributed by atoms with Gasteiger partial charge >= 0.3 is 0 Å². The fourth-order valence-corrected chi connectivity index (χ4v) is 11.8. The molecule has 6 aromatic carbocycles. The van der Waals surface area contributed by atoms with Crippen molar-refractivity contribution in [1.29, 1.82) is 0 Å². The summed E-state index contributed by atoms with van der Waals surface area (Å²) in [5, 5.41) is 5.53. The van der Waals surface area contributed by atoms with Crippen LogP contribution < -0.4 is 0 Å². The zero-order valence-corrected chi connectivity index (χ0v) is 29.3. The molecule has 4 nitrogen and oxygen atoms in total. The van der Waals surface area contributed by atoms with Crippen LogP contribution in [0.3, 0.4) is 0 Å². The molecule has 4 saturated carbocycles. The summed E-state index contributed by atoms with van der Waals surface area (Å²) >= 11 is 7.56. The lowest BCUT2D eigenvalue weighted by molar-refractivity contribution is -0.0393. The number of nitrogens with zero attached hydrogens (tertiary/aromatic N) is 3. The van der Waals surface area contributed by atoms with E-state index in [0.717, 1.165) is 55.5 Å². The molecule has 0 saturated heterocycles. The lowest BCUT2D eigenvalue weighted by atomic mass is 9.43. The summed E-state index contributed by atoms with van der Waals surface area (Å²) in [6.07, 6.45) is 6.61. The van der Waals surface area contributed by atoms with Crippen LogP contribution in [0.4, 0.5) is 0 Å². The van der Waals surface area contributed by atoms with Gasteiger partial charge in [0, 0.05) is 43.5 Å². The molecule has 0 aliphatic heterocycles. The van der Waals surface area contributed by atoms with Gasteiger partial charge in [0.1, 0.15) is 11.2 Å². The molecule has 4 bridgehead atoms. The van der Waals surface area contributed by atoms with Crippen molar-refractivity contribution < 1.29 is 4.42 Å². The quantitative estimate of drug-likeness (QED) is 0.185. The minimum Gasteiger partial charge on any atom is -0.456 e. The summed E-state index contributed by atoms with van der Waals surface area (Å²) in [5.74, 6) is 4.78. The first-order valence-electron chi connectivity index (χ1n) is 18.7. The van der Waals surface area contributed by atoms with Gasteiger partial charge in [-0.3, -0.25) is 0 Å². The predicted octanol–water partition coefficient (Wildman–Crippen LogP) is 12.3. The zero-order valence-electron chi connectivity index (χ0n) is 28.5. The van der Waals surface area contributed by atoms with E-state index in [1.807, 2.05) is 42.5 Å². The highest BCUT2D eigenvalue weighted by Gasteiger charge is 2.62. The van der Waals surface area contributed by atoms with Gasteiger partial charge in [-0.2, -0.15) is 0 Å². The van der Waals surface area contributed by atoms with Gasteiger partial charge in [-0.25, -0.2) is 15.0 Å². The molecule has 5 aliphatic carbocycles. The Balaban J connectivity index is 1.12. The molecule has 0 N–H and O–H groups in total. The molecular formula is C47H34ClN3O. The number of aromatic nitrogens is 3. The lowest BCUT2D eigenvalue weighted by Crippen LogP contribution is -2.55. The van der Waals surface area contributed by atoms with Crippen LogP contribution in [0.1, 0.15) is 43.2 Å². The van der Waals surface area contributed by atoms with Crippen molar-refractivity contribution in [2.45, 2.75) is 37.5 Å². The molecule has 5 heteroatoms. The fourth-order valence-electron chi connectivity index (χ4n) is 11.5. The van der Waals surface area contributed by atoms with Crippen molar-refractivity contribution in [2.75, 3.05) is 0 Å². The molecule has 13 rings (SSSR count). The minimum atomic E-state index is -0.0714. The van der Waals surface area contributed by atoms with Gasteiger partial charge in [-0.1, -0.05) is 109 Å². The van der Waals surface area contributed by atoms with E-state index in [1.165, 1.54) is 65.1 Å². The number of furan rings is 1. The van der Waals surface area contributed by atoms with E-state index < -0.39 is 0 Å². The maximum atomic E-state index is 7.56. The van der Waals surface area contributed by atoms with Gasteiger partial charge in [0.05, 0.1) is 0 Å². The van der Waals surface area contributed by atoms with E-state index in [9.17, 15) is 0 Å². The zero-order chi connectivity index (χ0) is 34.1. The standard InChI is InChI=1S/C47H34ClN3O/c48-38-25-30(24-37-42(38)35-18-17-28-9-4-5-12-33(28)43(35)47(37)31-20-26-19-27(22-31)23-32(47)21-26)45-49-44(29-10-2-1-3-11-29)50-46(51-45)36-14-8-16-40-41(36)34-13-6-7-15-39(34)52-40/h1-18,24-27,31-32H,19-23H2. The maximum absolute atomic E-state index is 7.56. The summed E-state index contributed by atoms with van der Waals surface area (Å²) < 4.78 is 6.29. The van der Waals surface area contributed by atoms with Crippen molar-refractivity contribution >= 4 is 44.3 Å². The SMILES string of the molecule is Clc1cc(-c2nc(-c3ccccc3)nc(-c3cccc4oc5ccccc5c34)n2)cc2c1-c1ccc3ccccc3c1C21C2CC3CC(C2)CC1C3. The van der Waals surface area contributed by atoms with Gasteiger partial charge in [0.2, 0.25) is 0 Å². The number of hydrogen-bond acceptors (Lipinski definition) is 4. The average molecular weight is 692 g/mol. The molecule has 1 spiro atoms. The number of para-hydroxylation sites is 1. The first-order valence-corrected chi connectivity index (χ1v) is 19.1. The first kappa shape index (κ1) is 29.3. The summed E-state index contributed by atoms with van der Waals surface area (Å²) in [7, 11) is 0. The van der Waals surface area contributed by atoms with Crippen LogP contribution >= 0.6 is 11.6 Å². The van der Waals surface area contributed by atoms with Crippen LogP contribution in [-0.2, 0) is 5.41 Å². The van der Waals surface area contributed by atoms with Crippen LogP contribution in [0, 0.1) is 23.7 Å². The molecule has 4 fully saturated rings. The summed E-state index contributed by atoms with van der Waals surface area (Å²) in [5.41, 5.74) is 9.85. The molecule has 2 heterocycles. The Morgan fingerprint density at radius 3 is 2.04 bits per heavy atom. The highest BCUT2D eigenvalue weighted by Crippen LogP contribution is 2.71. The average Bonchev–Trinajstić information content (AvgIpc) is 3.71. The van der Waals surface area contributed by atoms with Crippen molar-refractivity contribution in [3.05, 3.63) is 137 Å². The second-order valence-corrected chi connectivity index (χ2v) is 16.1. The van der Waals surface area contributed by atoms with Crippen LogP contribution in [0.2, 0.25) is 5.02 Å². The lowest BCUT2D eigenvalue weighted by Gasteiger charge is -2.61. The number of rotatable bonds is 3. The molecular weight excluding hydrogens is 658 g/mol. The van der Waals surface area contributed by atoms with Crippen LogP contribution in [-0.4, -0.2) is 15.0 Å². The molecule has 0 amide bonds. The topological polar surface area (TPSA) is 51.8 Å². The highest BCUT2D eigenvalue weighted by molar-refractivity contribution is 6.34. The third-order valence-corrected chi connectivity index (χ3v) is 13.4. The van der Waals surface area contributed by atoms with E-state index in [2.05, 4.69) is 78.9 Å². The normalized spacial score (nSPS) is 23.9. The Labute approximate surface area is 306 Å². The van der Waals surface area contributed by atoms with Gasteiger partial charge in [-0.05, 0) is 108 Å². The summed E-state index contributed by atoms with van der Waals surface area (Å²) in [6.45, 7) is 0. The van der Waals surface area contributed by atoms with E-state index in [-0.39, 0.29) is 5.41 Å². The Morgan fingerprint density at radius 2 is 1.23 bits per heavy atom. The number of halogens is 1. The van der Waals surface area contributed by atoms with Crippen molar-refractivity contribution in [3.63, 3.8) is 0 Å². The molecule has 8 aromatic rings. The highest BCUT2D eigenvalue weighted by atomic mass is 35.5. The smallest absolute Gasteiger partial charge is 0.164 e. The number of fused-ring (bicyclic) bond motifs is 8. The van der Waals surface area contributed by atoms with Crippen molar-refractivity contribution in [1.82, 2.24) is 15.0 Å². The van der Waals surface area contributed by atoms with Gasteiger partial charge in [-0.15, -0.1) is 0 Å². The number of benzene rings is 6. The molecule has 0 atom stereocenters. The van der Waals surface area contributed by atoms with E-state index in [1.54, 1.807) is 0 Å². The minimum absolute atomic E-state index is 0.0714. The Hall–Kier alpha value is -5.32. The second kappa shape index (κ2) is 10.6. The molecule has 5 aliphatic rings. The van der Waals surface area contributed by atoms with Crippen molar-refractivity contribution in [2.24, 2.45) is 23.7 Å². The second-order valence-electron chi connectivity index (χ2n) is 15.7. The third kappa shape index (κ3) is 3.91. The van der Waals surface area contributed by atoms with E-state index >= 15 is 0 Å².